The molecule has 28 heavy (non-hydrogen) atoms. The molecule has 1 atom stereocenters. The standard InChI is InChI=1S/C23H21NO4/c1-12-11-14(27-3)9-10-15(12)19-18(23(26)28-4)13(2)24-21-16-7-5-6-8-17(16)22(25)20(19)21/h5-11,19,24H,1-4H3/t19-/m0/s1. The summed E-state index contributed by atoms with van der Waals surface area (Å²) in [4.78, 5) is 26.0. The van der Waals surface area contributed by atoms with E-state index >= 15 is 0 Å². The van der Waals surface area contributed by atoms with Gasteiger partial charge < -0.3 is 14.8 Å². The average molecular weight is 375 g/mol. The summed E-state index contributed by atoms with van der Waals surface area (Å²) in [6.45, 7) is 3.80. The molecule has 2 aromatic carbocycles. The van der Waals surface area contributed by atoms with Gasteiger partial charge in [-0.25, -0.2) is 4.79 Å². The highest BCUT2D eigenvalue weighted by Crippen LogP contribution is 2.47. The van der Waals surface area contributed by atoms with Crippen molar-refractivity contribution in [1.82, 2.24) is 5.32 Å². The van der Waals surface area contributed by atoms with E-state index in [-0.39, 0.29) is 5.78 Å². The first-order chi connectivity index (χ1) is 13.5. The largest absolute Gasteiger partial charge is 0.497 e. The molecule has 0 amide bonds. The van der Waals surface area contributed by atoms with E-state index in [1.54, 1.807) is 7.11 Å². The van der Waals surface area contributed by atoms with E-state index in [1.807, 2.05) is 56.3 Å². The maximum absolute atomic E-state index is 13.3. The topological polar surface area (TPSA) is 64.6 Å². The Morgan fingerprint density at radius 1 is 1.04 bits per heavy atom. The van der Waals surface area contributed by atoms with Gasteiger partial charge in [-0.1, -0.05) is 30.3 Å². The second-order valence-electron chi connectivity index (χ2n) is 6.97. The number of hydrogen-bond acceptors (Lipinski definition) is 5. The molecule has 1 aliphatic carbocycles. The summed E-state index contributed by atoms with van der Waals surface area (Å²) >= 11 is 0. The van der Waals surface area contributed by atoms with Crippen LogP contribution in [0, 0.1) is 6.92 Å². The first-order valence-electron chi connectivity index (χ1n) is 9.06. The van der Waals surface area contributed by atoms with Crippen molar-refractivity contribution in [1.29, 1.82) is 0 Å². The fourth-order valence-corrected chi connectivity index (χ4v) is 4.12. The number of rotatable bonds is 3. The first kappa shape index (κ1) is 18.0. The Kier molecular flexibility index (Phi) is 4.30. The number of ketones is 1. The Labute approximate surface area is 163 Å². The molecular weight excluding hydrogens is 354 g/mol. The molecule has 0 spiro atoms. The Bertz CT molecular complexity index is 1080. The Morgan fingerprint density at radius 3 is 2.39 bits per heavy atom. The lowest BCUT2D eigenvalue weighted by Crippen LogP contribution is -2.29. The molecule has 2 aliphatic rings. The highest BCUT2D eigenvalue weighted by Gasteiger charge is 2.43. The normalized spacial score (nSPS) is 17.9. The molecule has 0 saturated carbocycles. The first-order valence-corrected chi connectivity index (χ1v) is 9.06. The van der Waals surface area contributed by atoms with Crippen molar-refractivity contribution >= 4 is 17.4 Å². The fraction of sp³-hybridized carbons (Fsp3) is 0.217. The molecule has 1 aliphatic heterocycles. The van der Waals surface area contributed by atoms with Crippen LogP contribution in [0.15, 0.2) is 59.3 Å². The highest BCUT2D eigenvalue weighted by molar-refractivity contribution is 6.23. The van der Waals surface area contributed by atoms with E-state index in [0.717, 1.165) is 28.1 Å². The van der Waals surface area contributed by atoms with Crippen molar-refractivity contribution in [3.63, 3.8) is 0 Å². The zero-order valence-corrected chi connectivity index (χ0v) is 16.3. The number of allylic oxidation sites excluding steroid dienone is 2. The number of aryl methyl sites for hydroxylation is 1. The summed E-state index contributed by atoms with van der Waals surface area (Å²) in [6, 6.07) is 13.2. The number of carbonyl (C=O) groups excluding carboxylic acids is 2. The quantitative estimate of drug-likeness (QED) is 0.828. The van der Waals surface area contributed by atoms with E-state index in [4.69, 9.17) is 9.47 Å². The number of esters is 1. The average Bonchev–Trinajstić information content (AvgIpc) is 2.98. The zero-order chi connectivity index (χ0) is 20.0. The molecule has 5 nitrogen and oxygen atoms in total. The van der Waals surface area contributed by atoms with Crippen molar-refractivity contribution in [2.45, 2.75) is 19.8 Å². The van der Waals surface area contributed by atoms with Crippen LogP contribution < -0.4 is 10.1 Å². The minimum atomic E-state index is -0.505. The lowest BCUT2D eigenvalue weighted by Gasteiger charge is -2.30. The monoisotopic (exact) mass is 375 g/mol. The molecule has 0 unspecified atom stereocenters. The third kappa shape index (κ3) is 2.54. The molecule has 1 heterocycles. The highest BCUT2D eigenvalue weighted by atomic mass is 16.5. The second-order valence-corrected chi connectivity index (χ2v) is 6.97. The lowest BCUT2D eigenvalue weighted by atomic mass is 9.78. The van der Waals surface area contributed by atoms with Crippen LogP contribution in [0.5, 0.6) is 5.75 Å². The summed E-state index contributed by atoms with van der Waals surface area (Å²) < 4.78 is 10.4. The molecule has 0 bridgehead atoms. The molecule has 0 saturated heterocycles. The predicted molar refractivity (Wildman–Crippen MR) is 106 cm³/mol. The van der Waals surface area contributed by atoms with Crippen molar-refractivity contribution in [2.24, 2.45) is 0 Å². The predicted octanol–water partition coefficient (Wildman–Crippen LogP) is 3.75. The molecule has 2 aromatic rings. The summed E-state index contributed by atoms with van der Waals surface area (Å²) in [7, 11) is 2.97. The van der Waals surface area contributed by atoms with Crippen LogP contribution in [-0.2, 0) is 9.53 Å². The van der Waals surface area contributed by atoms with Crippen LogP contribution in [0.2, 0.25) is 0 Å². The van der Waals surface area contributed by atoms with E-state index in [1.165, 1.54) is 7.11 Å². The fourth-order valence-electron chi connectivity index (χ4n) is 4.12. The maximum Gasteiger partial charge on any atom is 0.336 e. The molecule has 1 N–H and O–H groups in total. The van der Waals surface area contributed by atoms with E-state index < -0.39 is 11.9 Å². The molecule has 5 heteroatoms. The maximum atomic E-state index is 13.3. The number of Topliss-reactive ketones (excluding diaryl/α,β-unsaturated/α-hetero) is 1. The van der Waals surface area contributed by atoms with E-state index in [0.29, 0.717) is 22.4 Å². The van der Waals surface area contributed by atoms with Crippen molar-refractivity contribution in [3.05, 3.63) is 81.6 Å². The number of fused-ring (bicyclic) bond motifs is 2. The van der Waals surface area contributed by atoms with Gasteiger partial charge in [0.25, 0.3) is 0 Å². The minimum Gasteiger partial charge on any atom is -0.497 e. The summed E-state index contributed by atoms with van der Waals surface area (Å²) in [6.07, 6.45) is 0. The van der Waals surface area contributed by atoms with E-state index in [9.17, 15) is 9.59 Å². The van der Waals surface area contributed by atoms with Crippen LogP contribution in [-0.4, -0.2) is 26.0 Å². The van der Waals surface area contributed by atoms with Gasteiger partial charge in [-0.3, -0.25) is 4.79 Å². The van der Waals surface area contributed by atoms with Gasteiger partial charge in [-0.2, -0.15) is 0 Å². The minimum absolute atomic E-state index is 0.0628. The van der Waals surface area contributed by atoms with Crippen LogP contribution >= 0.6 is 0 Å². The number of nitrogens with one attached hydrogen (secondary N) is 1. The lowest BCUT2D eigenvalue weighted by molar-refractivity contribution is -0.136. The van der Waals surface area contributed by atoms with Gasteiger partial charge in [0.2, 0.25) is 0 Å². The molecule has 4 rings (SSSR count). The van der Waals surface area contributed by atoms with Crippen LogP contribution in [0.4, 0.5) is 0 Å². The number of hydrogen-bond donors (Lipinski definition) is 1. The third-order valence-electron chi connectivity index (χ3n) is 5.44. The van der Waals surface area contributed by atoms with E-state index in [2.05, 4.69) is 5.32 Å². The second kappa shape index (κ2) is 6.68. The molecule has 0 radical (unpaired) electrons. The summed E-state index contributed by atoms with van der Waals surface area (Å²) in [5, 5.41) is 3.28. The number of ether oxygens (including phenoxy) is 2. The van der Waals surface area contributed by atoms with Gasteiger partial charge in [0.1, 0.15) is 5.75 Å². The third-order valence-corrected chi connectivity index (χ3v) is 5.44. The Hall–Kier alpha value is -3.34. The van der Waals surface area contributed by atoms with Gasteiger partial charge in [0, 0.05) is 28.3 Å². The molecule has 0 fully saturated rings. The van der Waals surface area contributed by atoms with Crippen LogP contribution in [0.25, 0.3) is 5.70 Å². The van der Waals surface area contributed by atoms with Gasteiger partial charge in [0.15, 0.2) is 5.78 Å². The summed E-state index contributed by atoms with van der Waals surface area (Å²) in [5.74, 6) is -0.284. The number of dihydropyridines is 1. The molecular formula is C23H21NO4. The van der Waals surface area contributed by atoms with Gasteiger partial charge in [-0.05, 0) is 37.1 Å². The van der Waals surface area contributed by atoms with Crippen molar-refractivity contribution in [3.8, 4) is 5.75 Å². The van der Waals surface area contributed by atoms with Crippen LogP contribution in [0.1, 0.15) is 39.9 Å². The van der Waals surface area contributed by atoms with Crippen LogP contribution in [0.3, 0.4) is 0 Å². The SMILES string of the molecule is COC(=O)C1=C(C)NC2=C(C(=O)c3ccccc32)[C@H]1c1ccc(OC)cc1C. The van der Waals surface area contributed by atoms with Gasteiger partial charge >= 0.3 is 5.97 Å². The number of benzene rings is 2. The van der Waals surface area contributed by atoms with Crippen molar-refractivity contribution < 1.29 is 19.1 Å². The van der Waals surface area contributed by atoms with Crippen molar-refractivity contribution in [2.75, 3.05) is 14.2 Å². The Balaban J connectivity index is 1.97. The molecule has 142 valence electrons. The molecule has 0 aromatic heterocycles. The number of carbonyl (C=O) groups is 2. The van der Waals surface area contributed by atoms with Gasteiger partial charge in [0.05, 0.1) is 25.5 Å². The zero-order valence-electron chi connectivity index (χ0n) is 16.3. The number of methoxy groups -OCH3 is 2. The summed E-state index contributed by atoms with van der Waals surface area (Å²) in [5.41, 5.74) is 5.83. The van der Waals surface area contributed by atoms with Gasteiger partial charge in [-0.15, -0.1) is 0 Å². The Morgan fingerprint density at radius 2 is 1.75 bits per heavy atom. The smallest absolute Gasteiger partial charge is 0.336 e.